The van der Waals surface area contributed by atoms with Crippen molar-refractivity contribution in [3.05, 3.63) is 35.4 Å². The number of rotatable bonds is 1. The minimum absolute atomic E-state index is 0.0208. The molecule has 3 heteroatoms. The van der Waals surface area contributed by atoms with Gasteiger partial charge in [-0.2, -0.15) is 0 Å². The number of benzene rings is 1. The summed E-state index contributed by atoms with van der Waals surface area (Å²) in [5.41, 5.74) is -0.718. The second-order valence-corrected chi connectivity index (χ2v) is 5.36. The van der Waals surface area contributed by atoms with E-state index in [-0.39, 0.29) is 5.92 Å². The molecular weight excluding hydrogens is 222 g/mol. The zero-order valence-electron chi connectivity index (χ0n) is 10.2. The number of hydrogen-bond donors (Lipinski definition) is 1. The SMILES string of the molecule is CC1CCC(O)(c2cc(F)cc(F)c2)C(C)C1. The third kappa shape index (κ3) is 2.34. The average Bonchev–Trinajstić information content (AvgIpc) is 2.22. The van der Waals surface area contributed by atoms with Crippen LogP contribution in [0.4, 0.5) is 8.78 Å². The lowest BCUT2D eigenvalue weighted by atomic mass is 9.69. The Morgan fingerprint density at radius 1 is 1.18 bits per heavy atom. The summed E-state index contributed by atoms with van der Waals surface area (Å²) < 4.78 is 26.4. The molecule has 0 spiro atoms. The van der Waals surface area contributed by atoms with E-state index in [1.54, 1.807) is 0 Å². The third-order valence-corrected chi connectivity index (χ3v) is 3.95. The molecule has 3 atom stereocenters. The fourth-order valence-electron chi connectivity index (χ4n) is 2.86. The molecule has 0 aromatic heterocycles. The summed E-state index contributed by atoms with van der Waals surface area (Å²) in [6.45, 7) is 4.08. The maximum Gasteiger partial charge on any atom is 0.126 e. The van der Waals surface area contributed by atoms with Crippen LogP contribution in [-0.2, 0) is 5.60 Å². The van der Waals surface area contributed by atoms with Crippen molar-refractivity contribution in [2.75, 3.05) is 0 Å². The van der Waals surface area contributed by atoms with Gasteiger partial charge in [-0.25, -0.2) is 8.78 Å². The molecule has 0 amide bonds. The topological polar surface area (TPSA) is 20.2 Å². The second-order valence-electron chi connectivity index (χ2n) is 5.36. The highest BCUT2D eigenvalue weighted by Gasteiger charge is 2.40. The lowest BCUT2D eigenvalue weighted by Crippen LogP contribution is -2.38. The molecule has 0 heterocycles. The van der Waals surface area contributed by atoms with E-state index in [1.807, 2.05) is 6.92 Å². The van der Waals surface area contributed by atoms with Crippen LogP contribution in [0.25, 0.3) is 0 Å². The zero-order chi connectivity index (χ0) is 12.6. The van der Waals surface area contributed by atoms with Crippen LogP contribution in [0.3, 0.4) is 0 Å². The molecular formula is C14H18F2O. The molecule has 1 aromatic rings. The molecule has 17 heavy (non-hydrogen) atoms. The molecule has 0 saturated heterocycles. The Balaban J connectivity index is 2.37. The summed E-state index contributed by atoms with van der Waals surface area (Å²) in [6.07, 6.45) is 2.34. The first-order chi connectivity index (χ1) is 7.91. The smallest absolute Gasteiger partial charge is 0.126 e. The van der Waals surface area contributed by atoms with Crippen molar-refractivity contribution in [1.29, 1.82) is 0 Å². The van der Waals surface area contributed by atoms with Gasteiger partial charge in [0.2, 0.25) is 0 Å². The molecule has 2 rings (SSSR count). The first-order valence-corrected chi connectivity index (χ1v) is 6.11. The van der Waals surface area contributed by atoms with E-state index >= 15 is 0 Å². The number of hydrogen-bond acceptors (Lipinski definition) is 1. The quantitative estimate of drug-likeness (QED) is 0.795. The number of aliphatic hydroxyl groups is 1. The van der Waals surface area contributed by atoms with Crippen LogP contribution in [0, 0.1) is 23.5 Å². The summed E-state index contributed by atoms with van der Waals surface area (Å²) in [4.78, 5) is 0. The van der Waals surface area contributed by atoms with E-state index in [1.165, 1.54) is 12.1 Å². The largest absolute Gasteiger partial charge is 0.385 e. The van der Waals surface area contributed by atoms with Crippen molar-refractivity contribution in [1.82, 2.24) is 0 Å². The van der Waals surface area contributed by atoms with Gasteiger partial charge in [0, 0.05) is 6.07 Å². The molecule has 3 unspecified atom stereocenters. The maximum atomic E-state index is 13.2. The van der Waals surface area contributed by atoms with Crippen molar-refractivity contribution in [3.8, 4) is 0 Å². The van der Waals surface area contributed by atoms with Crippen molar-refractivity contribution in [2.24, 2.45) is 11.8 Å². The summed E-state index contributed by atoms with van der Waals surface area (Å²) in [5.74, 6) is -0.672. The third-order valence-electron chi connectivity index (χ3n) is 3.95. The summed E-state index contributed by atoms with van der Waals surface area (Å²) >= 11 is 0. The normalized spacial score (nSPS) is 33.7. The van der Waals surface area contributed by atoms with Crippen LogP contribution in [0.1, 0.15) is 38.7 Å². The van der Waals surface area contributed by atoms with Gasteiger partial charge in [0.25, 0.3) is 0 Å². The molecule has 1 saturated carbocycles. The van der Waals surface area contributed by atoms with E-state index < -0.39 is 17.2 Å². The fraction of sp³-hybridized carbons (Fsp3) is 0.571. The zero-order valence-corrected chi connectivity index (χ0v) is 10.2. The van der Waals surface area contributed by atoms with Gasteiger partial charge >= 0.3 is 0 Å². The minimum atomic E-state index is -1.09. The van der Waals surface area contributed by atoms with Crippen LogP contribution in [0.15, 0.2) is 18.2 Å². The minimum Gasteiger partial charge on any atom is -0.385 e. The predicted molar refractivity (Wildman–Crippen MR) is 62.4 cm³/mol. The van der Waals surface area contributed by atoms with Crippen molar-refractivity contribution >= 4 is 0 Å². The van der Waals surface area contributed by atoms with Gasteiger partial charge < -0.3 is 5.11 Å². The molecule has 0 bridgehead atoms. The van der Waals surface area contributed by atoms with Crippen molar-refractivity contribution in [3.63, 3.8) is 0 Å². The van der Waals surface area contributed by atoms with Gasteiger partial charge in [-0.05, 0) is 48.8 Å². The molecule has 0 aliphatic heterocycles. The first-order valence-electron chi connectivity index (χ1n) is 6.11. The van der Waals surface area contributed by atoms with E-state index in [0.717, 1.165) is 18.9 Å². The first kappa shape index (κ1) is 12.5. The molecule has 1 aliphatic carbocycles. The molecule has 1 aromatic carbocycles. The Labute approximate surface area is 100 Å². The van der Waals surface area contributed by atoms with Crippen LogP contribution in [0.2, 0.25) is 0 Å². The molecule has 0 radical (unpaired) electrons. The summed E-state index contributed by atoms with van der Waals surface area (Å²) in [5, 5.41) is 10.6. The Morgan fingerprint density at radius 2 is 1.76 bits per heavy atom. The lowest BCUT2D eigenvalue weighted by Gasteiger charge is -2.41. The summed E-state index contributed by atoms with van der Waals surface area (Å²) in [7, 11) is 0. The average molecular weight is 240 g/mol. The van der Waals surface area contributed by atoms with Crippen LogP contribution >= 0.6 is 0 Å². The standard InChI is InChI=1S/C14H18F2O/c1-9-3-4-14(17,10(2)5-9)11-6-12(15)8-13(16)7-11/h6-10,17H,3-5H2,1-2H3. The van der Waals surface area contributed by atoms with Gasteiger partial charge in [-0.15, -0.1) is 0 Å². The molecule has 1 N–H and O–H groups in total. The highest BCUT2D eigenvalue weighted by molar-refractivity contribution is 5.25. The highest BCUT2D eigenvalue weighted by atomic mass is 19.1. The van der Waals surface area contributed by atoms with Crippen LogP contribution in [-0.4, -0.2) is 5.11 Å². The Kier molecular flexibility index (Phi) is 3.21. The molecule has 1 nitrogen and oxygen atoms in total. The monoisotopic (exact) mass is 240 g/mol. The predicted octanol–water partition coefficient (Wildman–Crippen LogP) is 3.61. The van der Waals surface area contributed by atoms with Gasteiger partial charge in [-0.1, -0.05) is 13.8 Å². The second kappa shape index (κ2) is 4.37. The van der Waals surface area contributed by atoms with Crippen molar-refractivity contribution in [2.45, 2.75) is 38.7 Å². The van der Waals surface area contributed by atoms with Crippen LogP contribution < -0.4 is 0 Å². The van der Waals surface area contributed by atoms with E-state index in [9.17, 15) is 13.9 Å². The molecule has 1 fully saturated rings. The molecule has 1 aliphatic rings. The maximum absolute atomic E-state index is 13.2. The van der Waals surface area contributed by atoms with Gasteiger partial charge in [0.1, 0.15) is 11.6 Å². The fourth-order valence-corrected chi connectivity index (χ4v) is 2.86. The van der Waals surface area contributed by atoms with Gasteiger partial charge in [0.05, 0.1) is 5.60 Å². The Hall–Kier alpha value is -0.960. The van der Waals surface area contributed by atoms with Gasteiger partial charge in [-0.3, -0.25) is 0 Å². The Morgan fingerprint density at radius 3 is 2.29 bits per heavy atom. The van der Waals surface area contributed by atoms with Gasteiger partial charge in [0.15, 0.2) is 0 Å². The van der Waals surface area contributed by atoms with E-state index in [4.69, 9.17) is 0 Å². The molecule has 94 valence electrons. The summed E-state index contributed by atoms with van der Waals surface area (Å²) in [6, 6.07) is 3.33. The van der Waals surface area contributed by atoms with Crippen LogP contribution in [0.5, 0.6) is 0 Å². The van der Waals surface area contributed by atoms with E-state index in [2.05, 4.69) is 6.92 Å². The van der Waals surface area contributed by atoms with Crippen molar-refractivity contribution < 1.29 is 13.9 Å². The van der Waals surface area contributed by atoms with E-state index in [0.29, 0.717) is 17.9 Å². The lowest BCUT2D eigenvalue weighted by molar-refractivity contribution is -0.0591. The highest BCUT2D eigenvalue weighted by Crippen LogP contribution is 2.43. The Bertz CT molecular complexity index is 398. The number of halogens is 2.